The number of carbonyl (C=O) groups is 3. The van der Waals surface area contributed by atoms with Gasteiger partial charge in [-0.15, -0.1) is 0 Å². The Bertz CT molecular complexity index is 920. The number of hydrogen-bond acceptors (Lipinski definition) is 5. The molecule has 1 saturated heterocycles. The molecule has 3 rings (SSSR count). The Morgan fingerprint density at radius 1 is 1.20 bits per heavy atom. The first-order valence-corrected chi connectivity index (χ1v) is 10.3. The predicted octanol–water partition coefficient (Wildman–Crippen LogP) is 3.45. The number of hydrogen-bond donors (Lipinski definition) is 2. The van der Waals surface area contributed by atoms with Gasteiger partial charge in [-0.25, -0.2) is 9.18 Å². The van der Waals surface area contributed by atoms with Gasteiger partial charge in [-0.2, -0.15) is 0 Å². The van der Waals surface area contributed by atoms with Crippen molar-refractivity contribution >= 4 is 34.6 Å². The highest BCUT2D eigenvalue weighted by Crippen LogP contribution is 2.22. The molecule has 1 heterocycles. The smallest absolute Gasteiger partial charge is 0.319 e. The van der Waals surface area contributed by atoms with Gasteiger partial charge in [0.15, 0.2) is 0 Å². The molecule has 158 valence electrons. The van der Waals surface area contributed by atoms with Crippen LogP contribution in [0.4, 0.5) is 19.7 Å². The van der Waals surface area contributed by atoms with E-state index in [0.29, 0.717) is 12.2 Å². The SMILES string of the molecule is CN(C)C(CNC(=O)Nc1ccc(CN2C(=O)CSC2=O)cc1)c1cccc(F)c1. The van der Waals surface area contributed by atoms with Gasteiger partial charge in [0.2, 0.25) is 5.91 Å². The first kappa shape index (κ1) is 21.8. The number of anilines is 1. The number of thioether (sulfide) groups is 1. The third-order valence-electron chi connectivity index (χ3n) is 4.71. The standard InChI is InChI=1S/C21H23FN4O3S/c1-25(2)18(15-4-3-5-16(22)10-15)11-23-20(28)24-17-8-6-14(7-9-17)12-26-19(27)13-30-21(26)29/h3-10,18H,11-13H2,1-2H3,(H2,23,24,28). The maximum atomic E-state index is 13.5. The van der Waals surface area contributed by atoms with Crippen LogP contribution in [-0.4, -0.2) is 53.4 Å². The van der Waals surface area contributed by atoms with E-state index in [4.69, 9.17) is 0 Å². The molecule has 7 nitrogen and oxygen atoms in total. The fourth-order valence-corrected chi connectivity index (χ4v) is 3.81. The molecule has 1 unspecified atom stereocenters. The van der Waals surface area contributed by atoms with Crippen molar-refractivity contribution < 1.29 is 18.8 Å². The molecule has 2 aromatic rings. The number of imide groups is 1. The Kier molecular flexibility index (Phi) is 7.07. The van der Waals surface area contributed by atoms with Crippen LogP contribution in [0.1, 0.15) is 17.2 Å². The first-order valence-electron chi connectivity index (χ1n) is 9.36. The third-order valence-corrected chi connectivity index (χ3v) is 5.56. The molecule has 1 atom stereocenters. The summed E-state index contributed by atoms with van der Waals surface area (Å²) in [6.45, 7) is 0.520. The summed E-state index contributed by atoms with van der Waals surface area (Å²) >= 11 is 1.00. The summed E-state index contributed by atoms with van der Waals surface area (Å²) in [7, 11) is 3.73. The molecule has 1 aliphatic heterocycles. The van der Waals surface area contributed by atoms with Gasteiger partial charge < -0.3 is 15.5 Å². The van der Waals surface area contributed by atoms with Gasteiger partial charge in [-0.3, -0.25) is 14.5 Å². The Balaban J connectivity index is 1.54. The minimum Gasteiger partial charge on any atom is -0.336 e. The van der Waals surface area contributed by atoms with E-state index in [0.717, 1.165) is 22.9 Å². The topological polar surface area (TPSA) is 81.8 Å². The molecule has 0 aromatic heterocycles. The zero-order valence-corrected chi connectivity index (χ0v) is 17.5. The van der Waals surface area contributed by atoms with Crippen LogP contribution in [0.2, 0.25) is 0 Å². The fourth-order valence-electron chi connectivity index (χ4n) is 3.09. The Morgan fingerprint density at radius 3 is 2.53 bits per heavy atom. The van der Waals surface area contributed by atoms with E-state index in [1.54, 1.807) is 30.3 Å². The van der Waals surface area contributed by atoms with Crippen LogP contribution in [0.5, 0.6) is 0 Å². The lowest BCUT2D eigenvalue weighted by Gasteiger charge is -2.25. The van der Waals surface area contributed by atoms with Gasteiger partial charge in [0.25, 0.3) is 5.24 Å². The van der Waals surface area contributed by atoms with Crippen LogP contribution in [0.25, 0.3) is 0 Å². The molecule has 1 fully saturated rings. The van der Waals surface area contributed by atoms with E-state index in [9.17, 15) is 18.8 Å². The molecule has 30 heavy (non-hydrogen) atoms. The summed E-state index contributed by atoms with van der Waals surface area (Å²) in [5.74, 6) is -0.331. The lowest BCUT2D eigenvalue weighted by atomic mass is 10.1. The van der Waals surface area contributed by atoms with Gasteiger partial charge in [-0.1, -0.05) is 36.0 Å². The molecule has 0 spiro atoms. The Hall–Kier alpha value is -2.91. The molecular weight excluding hydrogens is 407 g/mol. The summed E-state index contributed by atoms with van der Waals surface area (Å²) in [5.41, 5.74) is 2.15. The maximum Gasteiger partial charge on any atom is 0.319 e. The molecule has 2 N–H and O–H groups in total. The number of nitrogens with zero attached hydrogens (tertiary/aromatic N) is 2. The van der Waals surface area contributed by atoms with Gasteiger partial charge in [-0.05, 0) is 49.5 Å². The van der Waals surface area contributed by atoms with Crippen LogP contribution in [0.3, 0.4) is 0 Å². The van der Waals surface area contributed by atoms with Crippen molar-refractivity contribution in [3.8, 4) is 0 Å². The van der Waals surface area contributed by atoms with Crippen molar-refractivity contribution in [3.63, 3.8) is 0 Å². The summed E-state index contributed by atoms with van der Waals surface area (Å²) in [5, 5.41) is 5.30. The van der Waals surface area contributed by atoms with E-state index >= 15 is 0 Å². The number of likely N-dealkylation sites (N-methyl/N-ethyl adjacent to an activating group) is 1. The lowest BCUT2D eigenvalue weighted by Crippen LogP contribution is -2.36. The highest BCUT2D eigenvalue weighted by atomic mass is 32.2. The number of halogens is 1. The minimum atomic E-state index is -0.382. The Labute approximate surface area is 178 Å². The average Bonchev–Trinajstić information content (AvgIpc) is 3.01. The number of nitrogens with one attached hydrogen (secondary N) is 2. The quantitative estimate of drug-likeness (QED) is 0.703. The fraction of sp³-hybridized carbons (Fsp3) is 0.286. The van der Waals surface area contributed by atoms with Crippen LogP contribution in [0, 0.1) is 5.82 Å². The van der Waals surface area contributed by atoms with E-state index in [-0.39, 0.29) is 41.3 Å². The van der Waals surface area contributed by atoms with Crippen molar-refractivity contribution in [3.05, 3.63) is 65.5 Å². The molecular formula is C21H23FN4O3S. The summed E-state index contributed by atoms with van der Waals surface area (Å²) in [6.07, 6.45) is 0. The highest BCUT2D eigenvalue weighted by molar-refractivity contribution is 8.14. The van der Waals surface area contributed by atoms with Crippen molar-refractivity contribution in [1.29, 1.82) is 0 Å². The van der Waals surface area contributed by atoms with E-state index in [2.05, 4.69) is 10.6 Å². The third kappa shape index (κ3) is 5.58. The number of amides is 4. The zero-order chi connectivity index (χ0) is 21.7. The van der Waals surface area contributed by atoms with Gasteiger partial charge >= 0.3 is 6.03 Å². The van der Waals surface area contributed by atoms with E-state index < -0.39 is 0 Å². The number of carbonyl (C=O) groups excluding carboxylic acids is 3. The summed E-state index contributed by atoms with van der Waals surface area (Å²) in [4.78, 5) is 38.8. The van der Waals surface area contributed by atoms with Crippen LogP contribution >= 0.6 is 11.8 Å². The second kappa shape index (κ2) is 9.73. The highest BCUT2D eigenvalue weighted by Gasteiger charge is 2.29. The number of benzene rings is 2. The van der Waals surface area contributed by atoms with Crippen LogP contribution in [0.15, 0.2) is 48.5 Å². The van der Waals surface area contributed by atoms with Crippen molar-refractivity contribution in [2.75, 3.05) is 31.7 Å². The molecule has 0 aliphatic carbocycles. The van der Waals surface area contributed by atoms with Crippen molar-refractivity contribution in [2.45, 2.75) is 12.6 Å². The zero-order valence-electron chi connectivity index (χ0n) is 16.7. The van der Waals surface area contributed by atoms with Gasteiger partial charge in [0.05, 0.1) is 18.3 Å². The van der Waals surface area contributed by atoms with Crippen LogP contribution in [-0.2, 0) is 11.3 Å². The molecule has 2 aromatic carbocycles. The molecule has 9 heteroatoms. The number of rotatable bonds is 7. The molecule has 0 saturated carbocycles. The predicted molar refractivity (Wildman–Crippen MR) is 115 cm³/mol. The molecule has 0 bridgehead atoms. The van der Waals surface area contributed by atoms with Crippen molar-refractivity contribution in [2.24, 2.45) is 0 Å². The second-order valence-electron chi connectivity index (χ2n) is 7.10. The normalized spacial score (nSPS) is 14.9. The Morgan fingerprint density at radius 2 is 1.93 bits per heavy atom. The van der Waals surface area contributed by atoms with Gasteiger partial charge in [0, 0.05) is 12.2 Å². The van der Waals surface area contributed by atoms with Crippen LogP contribution < -0.4 is 10.6 Å². The number of urea groups is 1. The lowest BCUT2D eigenvalue weighted by molar-refractivity contribution is -0.125. The van der Waals surface area contributed by atoms with Gasteiger partial charge in [0.1, 0.15) is 5.82 Å². The summed E-state index contributed by atoms with van der Waals surface area (Å²) in [6, 6.07) is 12.7. The molecule has 4 amide bonds. The maximum absolute atomic E-state index is 13.5. The first-order chi connectivity index (χ1) is 14.3. The molecule has 1 aliphatic rings. The van der Waals surface area contributed by atoms with Crippen molar-refractivity contribution in [1.82, 2.24) is 15.1 Å². The average molecular weight is 431 g/mol. The largest absolute Gasteiger partial charge is 0.336 e. The van der Waals surface area contributed by atoms with E-state index in [1.807, 2.05) is 25.1 Å². The van der Waals surface area contributed by atoms with E-state index in [1.165, 1.54) is 17.0 Å². The molecule has 0 radical (unpaired) electrons. The summed E-state index contributed by atoms with van der Waals surface area (Å²) < 4.78 is 13.5. The minimum absolute atomic E-state index is 0.178. The second-order valence-corrected chi connectivity index (χ2v) is 8.03. The monoisotopic (exact) mass is 430 g/mol.